The van der Waals surface area contributed by atoms with Gasteiger partial charge in [0.15, 0.2) is 11.5 Å². The molecule has 21 heavy (non-hydrogen) atoms. The SMILES string of the molecule is NCC1(C(O)c2cc(Br)c3c(c2)OCCCO3)CCCC1. The van der Waals surface area contributed by atoms with Gasteiger partial charge in [-0.05, 0) is 46.5 Å². The van der Waals surface area contributed by atoms with Gasteiger partial charge in [0.2, 0.25) is 0 Å². The van der Waals surface area contributed by atoms with Crippen molar-refractivity contribution in [3.63, 3.8) is 0 Å². The number of benzene rings is 1. The molecule has 1 fully saturated rings. The molecule has 1 saturated carbocycles. The number of halogens is 1. The van der Waals surface area contributed by atoms with Crippen LogP contribution in [0.15, 0.2) is 16.6 Å². The normalized spacial score (nSPS) is 21.9. The molecular formula is C16H22BrNO3. The summed E-state index contributed by atoms with van der Waals surface area (Å²) in [5.41, 5.74) is 6.64. The maximum atomic E-state index is 10.9. The van der Waals surface area contributed by atoms with Gasteiger partial charge < -0.3 is 20.3 Å². The van der Waals surface area contributed by atoms with Gasteiger partial charge in [-0.3, -0.25) is 0 Å². The van der Waals surface area contributed by atoms with Gasteiger partial charge in [-0.25, -0.2) is 0 Å². The molecule has 0 amide bonds. The Morgan fingerprint density at radius 1 is 1.19 bits per heavy atom. The lowest BCUT2D eigenvalue weighted by atomic mass is 9.77. The third-order valence-corrected chi connectivity index (χ3v) is 5.32. The van der Waals surface area contributed by atoms with E-state index in [0.29, 0.717) is 25.5 Å². The molecule has 1 heterocycles. The first kappa shape index (κ1) is 15.1. The first-order valence-electron chi connectivity index (χ1n) is 7.63. The monoisotopic (exact) mass is 355 g/mol. The average Bonchev–Trinajstić information content (AvgIpc) is 2.86. The van der Waals surface area contributed by atoms with Gasteiger partial charge in [0.25, 0.3) is 0 Å². The van der Waals surface area contributed by atoms with Crippen molar-refractivity contribution < 1.29 is 14.6 Å². The molecule has 0 radical (unpaired) electrons. The molecule has 0 aromatic heterocycles. The Hall–Kier alpha value is -0.780. The number of hydrogen-bond donors (Lipinski definition) is 2. The molecule has 1 aliphatic heterocycles. The molecule has 2 aliphatic rings. The predicted molar refractivity (Wildman–Crippen MR) is 84.7 cm³/mol. The summed E-state index contributed by atoms with van der Waals surface area (Å²) in [5.74, 6) is 1.44. The van der Waals surface area contributed by atoms with Crippen LogP contribution in [0.25, 0.3) is 0 Å². The van der Waals surface area contributed by atoms with Crippen molar-refractivity contribution >= 4 is 15.9 Å². The number of fused-ring (bicyclic) bond motifs is 1. The highest BCUT2D eigenvalue weighted by atomic mass is 79.9. The highest BCUT2D eigenvalue weighted by molar-refractivity contribution is 9.10. The minimum absolute atomic E-state index is 0.195. The van der Waals surface area contributed by atoms with E-state index >= 15 is 0 Å². The lowest BCUT2D eigenvalue weighted by molar-refractivity contribution is 0.0331. The zero-order chi connectivity index (χ0) is 14.9. The van der Waals surface area contributed by atoms with Crippen molar-refractivity contribution in [1.82, 2.24) is 0 Å². The zero-order valence-corrected chi connectivity index (χ0v) is 13.7. The van der Waals surface area contributed by atoms with E-state index in [9.17, 15) is 5.11 Å². The number of hydrogen-bond acceptors (Lipinski definition) is 4. The Balaban J connectivity index is 1.95. The Bertz CT molecular complexity index is 514. The maximum absolute atomic E-state index is 10.9. The van der Waals surface area contributed by atoms with Crippen molar-refractivity contribution in [3.05, 3.63) is 22.2 Å². The van der Waals surface area contributed by atoms with Crippen molar-refractivity contribution in [2.24, 2.45) is 11.1 Å². The quantitative estimate of drug-likeness (QED) is 0.873. The summed E-state index contributed by atoms with van der Waals surface area (Å²) in [6, 6.07) is 3.85. The highest BCUT2D eigenvalue weighted by Gasteiger charge is 2.40. The highest BCUT2D eigenvalue weighted by Crippen LogP contribution is 2.49. The molecule has 1 aromatic rings. The minimum Gasteiger partial charge on any atom is -0.490 e. The van der Waals surface area contributed by atoms with Crippen LogP contribution in [0.2, 0.25) is 0 Å². The van der Waals surface area contributed by atoms with E-state index in [2.05, 4.69) is 15.9 Å². The van der Waals surface area contributed by atoms with Crippen LogP contribution >= 0.6 is 15.9 Å². The van der Waals surface area contributed by atoms with E-state index in [1.165, 1.54) is 0 Å². The molecule has 1 aliphatic carbocycles. The van der Waals surface area contributed by atoms with Crippen LogP contribution in [0.5, 0.6) is 11.5 Å². The van der Waals surface area contributed by atoms with E-state index in [1.807, 2.05) is 12.1 Å². The minimum atomic E-state index is -0.557. The summed E-state index contributed by atoms with van der Waals surface area (Å²) in [4.78, 5) is 0. The molecule has 4 nitrogen and oxygen atoms in total. The lowest BCUT2D eigenvalue weighted by Crippen LogP contribution is -2.34. The Morgan fingerprint density at radius 3 is 2.62 bits per heavy atom. The van der Waals surface area contributed by atoms with Crippen LogP contribution in [0.3, 0.4) is 0 Å². The topological polar surface area (TPSA) is 64.7 Å². The predicted octanol–water partition coefficient (Wildman–Crippen LogP) is 3.16. The van der Waals surface area contributed by atoms with Crippen LogP contribution in [-0.2, 0) is 0 Å². The Morgan fingerprint density at radius 2 is 1.90 bits per heavy atom. The molecule has 3 N–H and O–H groups in total. The van der Waals surface area contributed by atoms with Gasteiger partial charge in [0.05, 0.1) is 23.8 Å². The average molecular weight is 356 g/mol. The molecule has 0 spiro atoms. The van der Waals surface area contributed by atoms with Gasteiger partial charge in [-0.1, -0.05) is 12.8 Å². The molecule has 116 valence electrons. The smallest absolute Gasteiger partial charge is 0.175 e. The second-order valence-corrected chi connectivity index (χ2v) is 6.91. The van der Waals surface area contributed by atoms with Crippen molar-refractivity contribution in [3.8, 4) is 11.5 Å². The molecule has 1 atom stereocenters. The molecule has 0 bridgehead atoms. The summed E-state index contributed by atoms with van der Waals surface area (Å²) in [7, 11) is 0. The molecular weight excluding hydrogens is 334 g/mol. The number of nitrogens with two attached hydrogens (primary N) is 1. The Labute approximate surface area is 133 Å². The largest absolute Gasteiger partial charge is 0.490 e. The summed E-state index contributed by atoms with van der Waals surface area (Å²) in [6.07, 6.45) is 4.55. The second-order valence-electron chi connectivity index (χ2n) is 6.06. The maximum Gasteiger partial charge on any atom is 0.175 e. The van der Waals surface area contributed by atoms with Gasteiger partial charge in [0, 0.05) is 18.4 Å². The summed E-state index contributed by atoms with van der Waals surface area (Å²) in [6.45, 7) is 1.81. The van der Waals surface area contributed by atoms with E-state index in [-0.39, 0.29) is 5.41 Å². The molecule has 3 rings (SSSR count). The van der Waals surface area contributed by atoms with Crippen LogP contribution in [0.1, 0.15) is 43.8 Å². The van der Waals surface area contributed by atoms with Gasteiger partial charge in [-0.15, -0.1) is 0 Å². The van der Waals surface area contributed by atoms with Gasteiger partial charge in [0.1, 0.15) is 0 Å². The van der Waals surface area contributed by atoms with E-state index in [4.69, 9.17) is 15.2 Å². The first-order valence-corrected chi connectivity index (χ1v) is 8.43. The van der Waals surface area contributed by atoms with Crippen LogP contribution in [0, 0.1) is 5.41 Å². The van der Waals surface area contributed by atoms with Crippen molar-refractivity contribution in [2.75, 3.05) is 19.8 Å². The third kappa shape index (κ3) is 2.79. The fourth-order valence-electron chi connectivity index (χ4n) is 3.43. The van der Waals surface area contributed by atoms with E-state index in [1.54, 1.807) is 0 Å². The summed E-state index contributed by atoms with van der Waals surface area (Å²) < 4.78 is 12.3. The van der Waals surface area contributed by atoms with E-state index in [0.717, 1.165) is 47.9 Å². The second kappa shape index (κ2) is 6.15. The molecule has 0 saturated heterocycles. The van der Waals surface area contributed by atoms with Crippen molar-refractivity contribution in [1.29, 1.82) is 0 Å². The standard InChI is InChI=1S/C16H22BrNO3/c17-12-8-11(9-13-14(12)21-7-3-6-20-13)15(19)16(10-18)4-1-2-5-16/h8-9,15,19H,1-7,10,18H2. The van der Waals surface area contributed by atoms with Crippen LogP contribution < -0.4 is 15.2 Å². The summed E-state index contributed by atoms with van der Waals surface area (Å²) in [5, 5.41) is 10.9. The molecule has 5 heteroatoms. The Kier molecular flexibility index (Phi) is 4.43. The van der Waals surface area contributed by atoms with Gasteiger partial charge >= 0.3 is 0 Å². The van der Waals surface area contributed by atoms with Crippen LogP contribution in [0.4, 0.5) is 0 Å². The first-order chi connectivity index (χ1) is 10.2. The fraction of sp³-hybridized carbons (Fsp3) is 0.625. The molecule has 1 aromatic carbocycles. The fourth-order valence-corrected chi connectivity index (χ4v) is 4.00. The number of ether oxygens (including phenoxy) is 2. The van der Waals surface area contributed by atoms with Crippen LogP contribution in [-0.4, -0.2) is 24.9 Å². The number of aliphatic hydroxyl groups is 1. The van der Waals surface area contributed by atoms with Crippen molar-refractivity contribution in [2.45, 2.75) is 38.2 Å². The van der Waals surface area contributed by atoms with Gasteiger partial charge in [-0.2, -0.15) is 0 Å². The number of rotatable bonds is 3. The molecule has 1 unspecified atom stereocenters. The number of aliphatic hydroxyl groups excluding tert-OH is 1. The van der Waals surface area contributed by atoms with E-state index < -0.39 is 6.10 Å². The zero-order valence-electron chi connectivity index (χ0n) is 12.1. The lowest BCUT2D eigenvalue weighted by Gasteiger charge is -2.33. The third-order valence-electron chi connectivity index (χ3n) is 4.73. The summed E-state index contributed by atoms with van der Waals surface area (Å²) >= 11 is 3.54.